The van der Waals surface area contributed by atoms with Crippen molar-refractivity contribution < 1.29 is 9.90 Å². The second-order valence-corrected chi connectivity index (χ2v) is 4.17. The molecule has 5 heteroatoms. The normalized spacial score (nSPS) is 10.5. The average Bonchev–Trinajstić information content (AvgIpc) is 2.29. The Kier molecular flexibility index (Phi) is 5.42. The number of nitrogens with one attached hydrogen (secondary N) is 1. The van der Waals surface area contributed by atoms with E-state index in [-0.39, 0.29) is 5.69 Å². The highest BCUT2D eigenvalue weighted by molar-refractivity contribution is 5.85. The Bertz CT molecular complexity index is 349. The number of carbonyl (C=O) groups is 1. The third-order valence-corrected chi connectivity index (χ3v) is 2.34. The van der Waals surface area contributed by atoms with E-state index in [0.29, 0.717) is 0 Å². The summed E-state index contributed by atoms with van der Waals surface area (Å²) in [6, 6.07) is 3.24. The van der Waals surface area contributed by atoms with Crippen molar-refractivity contribution in [1.82, 2.24) is 9.88 Å². The van der Waals surface area contributed by atoms with E-state index in [1.54, 1.807) is 12.3 Å². The number of hydrogen-bond donors (Lipinski definition) is 2. The number of hydrogen-bond acceptors (Lipinski definition) is 4. The first-order chi connectivity index (χ1) is 8.09. The summed E-state index contributed by atoms with van der Waals surface area (Å²) < 4.78 is 0. The third kappa shape index (κ3) is 5.31. The fourth-order valence-electron chi connectivity index (χ4n) is 1.41. The molecule has 0 radical (unpaired) electrons. The quantitative estimate of drug-likeness (QED) is 0.704. The van der Waals surface area contributed by atoms with Crippen molar-refractivity contribution in [3.05, 3.63) is 24.0 Å². The minimum absolute atomic E-state index is 0.0724. The largest absolute Gasteiger partial charge is 0.477 e. The highest BCUT2D eigenvalue weighted by atomic mass is 16.4. The number of anilines is 1. The molecule has 0 bridgehead atoms. The maximum Gasteiger partial charge on any atom is 0.354 e. The van der Waals surface area contributed by atoms with Crippen LogP contribution in [0.1, 0.15) is 23.3 Å². The summed E-state index contributed by atoms with van der Waals surface area (Å²) in [4.78, 5) is 16.6. The van der Waals surface area contributed by atoms with Gasteiger partial charge in [0.15, 0.2) is 0 Å². The van der Waals surface area contributed by atoms with Crippen molar-refractivity contribution >= 4 is 11.7 Å². The molecule has 17 heavy (non-hydrogen) atoms. The van der Waals surface area contributed by atoms with Crippen LogP contribution in [0.5, 0.6) is 0 Å². The van der Waals surface area contributed by atoms with E-state index >= 15 is 0 Å². The van der Waals surface area contributed by atoms with Gasteiger partial charge in [0.25, 0.3) is 0 Å². The van der Waals surface area contributed by atoms with Crippen molar-refractivity contribution in [3.63, 3.8) is 0 Å². The number of unbranched alkanes of at least 4 members (excludes halogenated alkanes) is 1. The van der Waals surface area contributed by atoms with Crippen LogP contribution in [0.4, 0.5) is 5.69 Å². The lowest BCUT2D eigenvalue weighted by Gasteiger charge is -2.09. The molecule has 0 aromatic carbocycles. The predicted octanol–water partition coefficient (Wildman–Crippen LogP) is 1.53. The first kappa shape index (κ1) is 13.4. The maximum atomic E-state index is 10.6. The van der Waals surface area contributed by atoms with E-state index in [4.69, 9.17) is 5.11 Å². The Hall–Kier alpha value is -1.62. The van der Waals surface area contributed by atoms with E-state index < -0.39 is 5.97 Å². The minimum Gasteiger partial charge on any atom is -0.477 e. The van der Waals surface area contributed by atoms with Gasteiger partial charge in [0.05, 0.1) is 11.9 Å². The highest BCUT2D eigenvalue weighted by Crippen LogP contribution is 2.06. The molecule has 0 amide bonds. The molecule has 0 aliphatic rings. The van der Waals surface area contributed by atoms with Crippen LogP contribution in [0.2, 0.25) is 0 Å². The topological polar surface area (TPSA) is 65.5 Å². The molecule has 5 nitrogen and oxygen atoms in total. The number of carboxylic acid groups (broad SMARTS) is 1. The zero-order valence-corrected chi connectivity index (χ0v) is 10.3. The van der Waals surface area contributed by atoms with Gasteiger partial charge < -0.3 is 15.3 Å². The van der Waals surface area contributed by atoms with E-state index in [1.165, 1.54) is 6.07 Å². The molecule has 0 atom stereocenters. The van der Waals surface area contributed by atoms with E-state index in [2.05, 4.69) is 29.3 Å². The van der Waals surface area contributed by atoms with E-state index in [0.717, 1.165) is 31.6 Å². The summed E-state index contributed by atoms with van der Waals surface area (Å²) >= 11 is 0. The fraction of sp³-hybridized carbons (Fsp3) is 0.500. The summed E-state index contributed by atoms with van der Waals surface area (Å²) in [6.07, 6.45) is 3.77. The second kappa shape index (κ2) is 6.85. The Morgan fingerprint density at radius 2 is 2.18 bits per heavy atom. The van der Waals surface area contributed by atoms with Gasteiger partial charge in [0.2, 0.25) is 0 Å². The number of carboxylic acids is 1. The first-order valence-electron chi connectivity index (χ1n) is 5.67. The van der Waals surface area contributed by atoms with Crippen molar-refractivity contribution in [2.45, 2.75) is 12.8 Å². The lowest BCUT2D eigenvalue weighted by molar-refractivity contribution is 0.0690. The Morgan fingerprint density at radius 3 is 2.71 bits per heavy atom. The predicted molar refractivity (Wildman–Crippen MR) is 67.5 cm³/mol. The van der Waals surface area contributed by atoms with Crippen LogP contribution in [0, 0.1) is 0 Å². The van der Waals surface area contributed by atoms with Crippen LogP contribution in [-0.4, -0.2) is 48.1 Å². The zero-order chi connectivity index (χ0) is 12.7. The van der Waals surface area contributed by atoms with Crippen LogP contribution < -0.4 is 5.32 Å². The zero-order valence-electron chi connectivity index (χ0n) is 10.3. The molecular formula is C12H19N3O2. The lowest BCUT2D eigenvalue weighted by atomic mass is 10.3. The minimum atomic E-state index is -0.998. The first-order valence-corrected chi connectivity index (χ1v) is 5.67. The third-order valence-electron chi connectivity index (χ3n) is 2.34. The number of aromatic carboxylic acids is 1. The average molecular weight is 237 g/mol. The molecule has 1 aromatic rings. The van der Waals surface area contributed by atoms with Crippen LogP contribution >= 0.6 is 0 Å². The second-order valence-electron chi connectivity index (χ2n) is 4.17. The molecule has 0 saturated carbocycles. The summed E-state index contributed by atoms with van der Waals surface area (Å²) in [5.41, 5.74) is 0.933. The molecule has 1 aromatic heterocycles. The Labute approximate surface area is 101 Å². The van der Waals surface area contributed by atoms with Gasteiger partial charge >= 0.3 is 5.97 Å². The van der Waals surface area contributed by atoms with Gasteiger partial charge in [0.1, 0.15) is 5.69 Å². The maximum absolute atomic E-state index is 10.6. The summed E-state index contributed by atoms with van der Waals surface area (Å²) in [7, 11) is 4.12. The molecule has 0 aliphatic carbocycles. The molecule has 0 unspecified atom stereocenters. The van der Waals surface area contributed by atoms with Crippen LogP contribution in [0.3, 0.4) is 0 Å². The number of nitrogens with zero attached hydrogens (tertiary/aromatic N) is 2. The molecule has 0 aliphatic heterocycles. The van der Waals surface area contributed by atoms with Crippen LogP contribution in [0.15, 0.2) is 18.3 Å². The Balaban J connectivity index is 2.25. The number of rotatable bonds is 7. The molecule has 94 valence electrons. The summed E-state index contributed by atoms with van der Waals surface area (Å²) in [5.74, 6) is -0.998. The van der Waals surface area contributed by atoms with Crippen molar-refractivity contribution in [2.75, 3.05) is 32.5 Å². The smallest absolute Gasteiger partial charge is 0.354 e. The van der Waals surface area contributed by atoms with Gasteiger partial charge in [-0.1, -0.05) is 0 Å². The van der Waals surface area contributed by atoms with Crippen LogP contribution in [0.25, 0.3) is 0 Å². The number of pyridine rings is 1. The lowest BCUT2D eigenvalue weighted by Crippen LogP contribution is -2.14. The molecular weight excluding hydrogens is 218 g/mol. The molecule has 0 spiro atoms. The molecule has 2 N–H and O–H groups in total. The van der Waals surface area contributed by atoms with Crippen molar-refractivity contribution in [3.8, 4) is 0 Å². The van der Waals surface area contributed by atoms with Crippen molar-refractivity contribution in [2.24, 2.45) is 0 Å². The molecule has 1 heterocycles. The monoisotopic (exact) mass is 237 g/mol. The van der Waals surface area contributed by atoms with Gasteiger partial charge in [-0.05, 0) is 45.6 Å². The van der Waals surface area contributed by atoms with Crippen molar-refractivity contribution in [1.29, 1.82) is 0 Å². The fourth-order valence-corrected chi connectivity index (χ4v) is 1.41. The van der Waals surface area contributed by atoms with Gasteiger partial charge in [-0.15, -0.1) is 0 Å². The Morgan fingerprint density at radius 1 is 1.41 bits per heavy atom. The highest BCUT2D eigenvalue weighted by Gasteiger charge is 2.02. The van der Waals surface area contributed by atoms with Crippen LogP contribution in [-0.2, 0) is 0 Å². The van der Waals surface area contributed by atoms with Gasteiger partial charge in [-0.3, -0.25) is 0 Å². The van der Waals surface area contributed by atoms with Gasteiger partial charge in [-0.25, -0.2) is 9.78 Å². The van der Waals surface area contributed by atoms with E-state index in [9.17, 15) is 4.79 Å². The SMILES string of the molecule is CN(C)CCCCNc1ccc(C(=O)O)nc1. The molecule has 1 rings (SSSR count). The molecule has 0 saturated heterocycles. The van der Waals surface area contributed by atoms with Gasteiger partial charge in [-0.2, -0.15) is 0 Å². The summed E-state index contributed by atoms with van der Waals surface area (Å²) in [6.45, 7) is 1.96. The standard InChI is InChI=1S/C12H19N3O2/c1-15(2)8-4-3-7-13-10-5-6-11(12(16)17)14-9-10/h5-6,9,13H,3-4,7-8H2,1-2H3,(H,16,17). The van der Waals surface area contributed by atoms with E-state index in [1.807, 2.05) is 0 Å². The summed E-state index contributed by atoms with van der Waals surface area (Å²) in [5, 5.41) is 11.9. The van der Waals surface area contributed by atoms with Gasteiger partial charge in [0, 0.05) is 6.54 Å². The number of aromatic nitrogens is 1. The molecule has 0 fully saturated rings.